The van der Waals surface area contributed by atoms with Crippen LogP contribution in [0.2, 0.25) is 0 Å². The quantitative estimate of drug-likeness (QED) is 0.898. The summed E-state index contributed by atoms with van der Waals surface area (Å²) in [6.07, 6.45) is 0. The van der Waals surface area contributed by atoms with Crippen molar-refractivity contribution in [3.63, 3.8) is 0 Å². The van der Waals surface area contributed by atoms with Crippen molar-refractivity contribution in [2.75, 3.05) is 6.61 Å². The van der Waals surface area contributed by atoms with E-state index >= 15 is 0 Å². The first kappa shape index (κ1) is 12.1. The smallest absolute Gasteiger partial charge is 0.122 e. The summed E-state index contributed by atoms with van der Waals surface area (Å²) in [4.78, 5) is 2.46. The summed E-state index contributed by atoms with van der Waals surface area (Å²) < 4.78 is 5.74. The molecule has 1 aromatic heterocycles. The Labute approximate surface area is 106 Å². The van der Waals surface area contributed by atoms with E-state index in [1.165, 1.54) is 9.75 Å². The van der Waals surface area contributed by atoms with Crippen LogP contribution >= 0.6 is 11.3 Å². The molecule has 1 unspecified atom stereocenters. The number of para-hydroxylation sites is 1. The van der Waals surface area contributed by atoms with Crippen molar-refractivity contribution in [1.82, 2.24) is 0 Å². The van der Waals surface area contributed by atoms with Crippen molar-refractivity contribution in [2.45, 2.75) is 19.9 Å². The molecule has 0 bridgehead atoms. The highest BCUT2D eigenvalue weighted by Crippen LogP contribution is 2.23. The van der Waals surface area contributed by atoms with Crippen LogP contribution in [0, 0.1) is 13.8 Å². The van der Waals surface area contributed by atoms with Crippen LogP contribution in [0.5, 0.6) is 5.75 Å². The lowest BCUT2D eigenvalue weighted by Gasteiger charge is -2.13. The van der Waals surface area contributed by atoms with Crippen LogP contribution in [-0.2, 0) is 0 Å². The van der Waals surface area contributed by atoms with Gasteiger partial charge in [0.15, 0.2) is 0 Å². The van der Waals surface area contributed by atoms with Gasteiger partial charge in [-0.1, -0.05) is 18.2 Å². The standard InChI is InChI=1S/C14H17NOS/c1-10-5-3-4-6-13(10)16-9-12(15)14-8-7-11(2)17-14/h3-8,12H,9,15H2,1-2H3. The molecule has 0 spiro atoms. The van der Waals surface area contributed by atoms with E-state index in [0.29, 0.717) is 6.61 Å². The summed E-state index contributed by atoms with van der Waals surface area (Å²) >= 11 is 1.73. The van der Waals surface area contributed by atoms with Gasteiger partial charge in [0.25, 0.3) is 0 Å². The van der Waals surface area contributed by atoms with Gasteiger partial charge in [-0.15, -0.1) is 11.3 Å². The molecule has 2 aromatic rings. The fourth-order valence-electron chi connectivity index (χ4n) is 1.63. The van der Waals surface area contributed by atoms with Gasteiger partial charge in [-0.2, -0.15) is 0 Å². The number of benzene rings is 1. The second-order valence-corrected chi connectivity index (χ2v) is 5.45. The minimum Gasteiger partial charge on any atom is -0.491 e. The Balaban J connectivity index is 1.97. The number of thiophene rings is 1. The van der Waals surface area contributed by atoms with Gasteiger partial charge < -0.3 is 10.5 Å². The van der Waals surface area contributed by atoms with Crippen molar-refractivity contribution in [3.05, 3.63) is 51.7 Å². The fraction of sp³-hybridized carbons (Fsp3) is 0.286. The second kappa shape index (κ2) is 5.34. The number of ether oxygens (including phenoxy) is 1. The molecular formula is C14H17NOS. The number of rotatable bonds is 4. The predicted molar refractivity (Wildman–Crippen MR) is 72.7 cm³/mol. The molecule has 0 amide bonds. The maximum atomic E-state index is 6.09. The van der Waals surface area contributed by atoms with Gasteiger partial charge in [-0.25, -0.2) is 0 Å². The first-order valence-corrected chi connectivity index (χ1v) is 6.49. The number of hydrogen-bond donors (Lipinski definition) is 1. The van der Waals surface area contributed by atoms with Crippen LogP contribution in [0.1, 0.15) is 21.4 Å². The van der Waals surface area contributed by atoms with E-state index in [9.17, 15) is 0 Å². The van der Waals surface area contributed by atoms with Crippen LogP contribution in [0.25, 0.3) is 0 Å². The minimum absolute atomic E-state index is 0.0479. The Hall–Kier alpha value is -1.32. The zero-order valence-corrected chi connectivity index (χ0v) is 11.0. The third-order valence-electron chi connectivity index (χ3n) is 2.64. The van der Waals surface area contributed by atoms with E-state index in [4.69, 9.17) is 10.5 Å². The van der Waals surface area contributed by atoms with Crippen LogP contribution < -0.4 is 10.5 Å². The molecule has 2 N–H and O–H groups in total. The van der Waals surface area contributed by atoms with E-state index in [-0.39, 0.29) is 6.04 Å². The summed E-state index contributed by atoms with van der Waals surface area (Å²) in [5, 5.41) is 0. The largest absolute Gasteiger partial charge is 0.491 e. The van der Waals surface area contributed by atoms with Crippen LogP contribution in [-0.4, -0.2) is 6.61 Å². The highest BCUT2D eigenvalue weighted by Gasteiger charge is 2.09. The molecule has 2 rings (SSSR count). The van der Waals surface area contributed by atoms with Gasteiger partial charge in [-0.3, -0.25) is 0 Å². The third-order valence-corrected chi connectivity index (χ3v) is 3.77. The molecular weight excluding hydrogens is 230 g/mol. The summed E-state index contributed by atoms with van der Waals surface area (Å²) in [5.41, 5.74) is 7.23. The van der Waals surface area contributed by atoms with E-state index < -0.39 is 0 Å². The van der Waals surface area contributed by atoms with Crippen molar-refractivity contribution >= 4 is 11.3 Å². The average molecular weight is 247 g/mol. The molecule has 1 heterocycles. The maximum Gasteiger partial charge on any atom is 0.122 e. The lowest BCUT2D eigenvalue weighted by atomic mass is 10.2. The zero-order valence-electron chi connectivity index (χ0n) is 10.1. The molecule has 0 aliphatic rings. The van der Waals surface area contributed by atoms with Crippen LogP contribution in [0.3, 0.4) is 0 Å². The van der Waals surface area contributed by atoms with Gasteiger partial charge in [0.1, 0.15) is 12.4 Å². The monoisotopic (exact) mass is 247 g/mol. The molecule has 0 saturated carbocycles. The van der Waals surface area contributed by atoms with Gasteiger partial charge >= 0.3 is 0 Å². The molecule has 0 saturated heterocycles. The number of nitrogens with two attached hydrogens (primary N) is 1. The summed E-state index contributed by atoms with van der Waals surface area (Å²) in [6, 6.07) is 12.1. The Morgan fingerprint density at radius 2 is 1.94 bits per heavy atom. The van der Waals surface area contributed by atoms with Crippen molar-refractivity contribution in [1.29, 1.82) is 0 Å². The summed E-state index contributed by atoms with van der Waals surface area (Å²) in [7, 11) is 0. The molecule has 0 fully saturated rings. The van der Waals surface area contributed by atoms with E-state index in [0.717, 1.165) is 11.3 Å². The zero-order chi connectivity index (χ0) is 12.3. The van der Waals surface area contributed by atoms with Crippen molar-refractivity contribution < 1.29 is 4.74 Å². The topological polar surface area (TPSA) is 35.2 Å². The molecule has 0 aliphatic heterocycles. The summed E-state index contributed by atoms with van der Waals surface area (Å²) in [5.74, 6) is 0.913. The SMILES string of the molecule is Cc1ccc(C(N)COc2ccccc2C)s1. The lowest BCUT2D eigenvalue weighted by Crippen LogP contribution is -2.18. The molecule has 1 atom stereocenters. The Kier molecular flexibility index (Phi) is 3.82. The minimum atomic E-state index is -0.0479. The van der Waals surface area contributed by atoms with Crippen molar-refractivity contribution in [3.8, 4) is 5.75 Å². The van der Waals surface area contributed by atoms with E-state index in [2.05, 4.69) is 19.1 Å². The molecule has 3 heteroatoms. The fourth-order valence-corrected chi connectivity index (χ4v) is 2.50. The van der Waals surface area contributed by atoms with Gasteiger partial charge in [0.05, 0.1) is 6.04 Å². The van der Waals surface area contributed by atoms with Crippen LogP contribution in [0.15, 0.2) is 36.4 Å². The maximum absolute atomic E-state index is 6.09. The normalized spacial score (nSPS) is 12.4. The first-order chi connectivity index (χ1) is 8.16. The summed E-state index contributed by atoms with van der Waals surface area (Å²) in [6.45, 7) is 4.64. The van der Waals surface area contributed by atoms with E-state index in [1.807, 2.05) is 31.2 Å². The second-order valence-electron chi connectivity index (χ2n) is 4.13. The Bertz CT molecular complexity index is 492. The van der Waals surface area contributed by atoms with Crippen molar-refractivity contribution in [2.24, 2.45) is 5.73 Å². The highest BCUT2D eigenvalue weighted by molar-refractivity contribution is 7.12. The average Bonchev–Trinajstić information content (AvgIpc) is 2.74. The van der Waals surface area contributed by atoms with Gasteiger partial charge in [0.2, 0.25) is 0 Å². The number of aryl methyl sites for hydroxylation is 2. The Morgan fingerprint density at radius 1 is 1.18 bits per heavy atom. The molecule has 1 aromatic carbocycles. The molecule has 0 radical (unpaired) electrons. The third kappa shape index (κ3) is 3.08. The molecule has 17 heavy (non-hydrogen) atoms. The number of hydrogen-bond acceptors (Lipinski definition) is 3. The molecule has 2 nitrogen and oxygen atoms in total. The van der Waals surface area contributed by atoms with Gasteiger partial charge in [0, 0.05) is 9.75 Å². The molecule has 0 aliphatic carbocycles. The Morgan fingerprint density at radius 3 is 2.59 bits per heavy atom. The van der Waals surface area contributed by atoms with Crippen LogP contribution in [0.4, 0.5) is 0 Å². The van der Waals surface area contributed by atoms with E-state index in [1.54, 1.807) is 11.3 Å². The highest BCUT2D eigenvalue weighted by atomic mass is 32.1. The van der Waals surface area contributed by atoms with Gasteiger partial charge in [-0.05, 0) is 37.6 Å². The molecule has 90 valence electrons. The lowest BCUT2D eigenvalue weighted by molar-refractivity contribution is 0.290. The predicted octanol–water partition coefficient (Wildman–Crippen LogP) is 3.44. The first-order valence-electron chi connectivity index (χ1n) is 5.67.